The predicted octanol–water partition coefficient (Wildman–Crippen LogP) is 5.36. The fraction of sp³-hybridized carbons (Fsp3) is 0.321. The Bertz CT molecular complexity index is 1310. The molecule has 8 nitrogen and oxygen atoms in total. The molecule has 10 heteroatoms. The number of halogens is 2. The van der Waals surface area contributed by atoms with E-state index in [1.54, 1.807) is 25.1 Å². The molecule has 0 aliphatic carbocycles. The van der Waals surface area contributed by atoms with Crippen LogP contribution in [0.3, 0.4) is 0 Å². The lowest BCUT2D eigenvalue weighted by atomic mass is 9.80. The van der Waals surface area contributed by atoms with Gasteiger partial charge in [0.15, 0.2) is 29.4 Å². The maximum Gasteiger partial charge on any atom is 0.335 e. The number of methoxy groups -OCH3 is 3. The number of hydrogen-bond donors (Lipinski definition) is 1. The summed E-state index contributed by atoms with van der Waals surface area (Å²) in [5.74, 6) is -3.16. The molecule has 2 atom stereocenters. The Hall–Kier alpha value is -3.73. The Morgan fingerprint density at radius 3 is 1.95 bits per heavy atom. The first-order chi connectivity index (χ1) is 18.3. The Morgan fingerprint density at radius 2 is 1.42 bits per heavy atom. The summed E-state index contributed by atoms with van der Waals surface area (Å²) >= 11 is 0. The number of rotatable bonds is 11. The minimum absolute atomic E-state index is 0.00489. The van der Waals surface area contributed by atoms with Gasteiger partial charge < -0.3 is 33.5 Å². The monoisotopic (exact) mass is 530 g/mol. The van der Waals surface area contributed by atoms with Gasteiger partial charge in [0.2, 0.25) is 0 Å². The molecule has 3 aromatic rings. The molecular weight excluding hydrogens is 502 g/mol. The van der Waals surface area contributed by atoms with E-state index in [2.05, 4.69) is 0 Å². The van der Waals surface area contributed by atoms with Gasteiger partial charge in [-0.1, -0.05) is 18.2 Å². The van der Waals surface area contributed by atoms with Crippen LogP contribution in [0.15, 0.2) is 48.5 Å². The maximum atomic E-state index is 15.2. The highest BCUT2D eigenvalue weighted by Crippen LogP contribution is 2.51. The van der Waals surface area contributed by atoms with E-state index in [-0.39, 0.29) is 47.9 Å². The highest BCUT2D eigenvalue weighted by Gasteiger charge is 2.34. The third-order valence-electron chi connectivity index (χ3n) is 6.25. The smallest absolute Gasteiger partial charge is 0.335 e. The third-order valence-corrected chi connectivity index (χ3v) is 6.25. The van der Waals surface area contributed by atoms with Crippen molar-refractivity contribution in [3.63, 3.8) is 0 Å². The molecular formula is C28H28F2O8. The van der Waals surface area contributed by atoms with Crippen molar-refractivity contribution in [3.8, 4) is 23.0 Å². The molecule has 0 saturated carbocycles. The van der Waals surface area contributed by atoms with Crippen LogP contribution in [0, 0.1) is 11.6 Å². The van der Waals surface area contributed by atoms with Gasteiger partial charge in [0, 0.05) is 50.5 Å². The van der Waals surface area contributed by atoms with Crippen LogP contribution < -0.4 is 14.2 Å². The van der Waals surface area contributed by atoms with Crippen LogP contribution in [0.2, 0.25) is 0 Å². The van der Waals surface area contributed by atoms with E-state index in [0.29, 0.717) is 16.7 Å². The SMILES string of the molecule is COC(C)COc1cc2c(cc1F)C(c1ccccc1C(=O)O)c1cc(F)c(OCC(OC)OC)cc1O2. The summed E-state index contributed by atoms with van der Waals surface area (Å²) in [5, 5.41) is 9.85. The number of carbonyl (C=O) groups is 1. The van der Waals surface area contributed by atoms with E-state index in [1.807, 2.05) is 0 Å². The van der Waals surface area contributed by atoms with Gasteiger partial charge in [-0.15, -0.1) is 0 Å². The molecule has 0 radical (unpaired) electrons. The topological polar surface area (TPSA) is 92.7 Å². The summed E-state index contributed by atoms with van der Waals surface area (Å²) in [7, 11) is 4.37. The van der Waals surface area contributed by atoms with Gasteiger partial charge in [0.1, 0.15) is 24.7 Å². The summed E-state index contributed by atoms with van der Waals surface area (Å²) in [5.41, 5.74) is 0.975. The van der Waals surface area contributed by atoms with Crippen molar-refractivity contribution >= 4 is 5.97 Å². The van der Waals surface area contributed by atoms with Crippen molar-refractivity contribution in [2.24, 2.45) is 0 Å². The van der Waals surface area contributed by atoms with E-state index in [0.717, 1.165) is 0 Å². The number of fused-ring (bicyclic) bond motifs is 2. The molecule has 1 aliphatic heterocycles. The van der Waals surface area contributed by atoms with Gasteiger partial charge in [-0.3, -0.25) is 0 Å². The molecule has 0 bridgehead atoms. The second kappa shape index (κ2) is 11.8. The van der Waals surface area contributed by atoms with Crippen LogP contribution in [0.25, 0.3) is 0 Å². The third kappa shape index (κ3) is 5.57. The van der Waals surface area contributed by atoms with Crippen molar-refractivity contribution in [3.05, 3.63) is 82.4 Å². The van der Waals surface area contributed by atoms with Crippen LogP contribution >= 0.6 is 0 Å². The fourth-order valence-electron chi connectivity index (χ4n) is 4.18. The molecule has 38 heavy (non-hydrogen) atoms. The first kappa shape index (κ1) is 27.3. The normalized spacial score (nSPS) is 14.9. The lowest BCUT2D eigenvalue weighted by molar-refractivity contribution is -0.122. The first-order valence-electron chi connectivity index (χ1n) is 11.8. The summed E-state index contributed by atoms with van der Waals surface area (Å²) < 4.78 is 63.0. The minimum Gasteiger partial charge on any atom is -0.488 e. The zero-order valence-electron chi connectivity index (χ0n) is 21.3. The maximum absolute atomic E-state index is 15.2. The molecule has 0 amide bonds. The fourth-order valence-corrected chi connectivity index (χ4v) is 4.18. The van der Waals surface area contributed by atoms with Gasteiger partial charge in [-0.05, 0) is 30.7 Å². The van der Waals surface area contributed by atoms with Crippen LogP contribution in [0.5, 0.6) is 23.0 Å². The van der Waals surface area contributed by atoms with Crippen molar-refractivity contribution in [2.75, 3.05) is 34.5 Å². The summed E-state index contributed by atoms with van der Waals surface area (Å²) in [6.45, 7) is 1.78. The Labute approximate surface area is 218 Å². The second-order valence-corrected chi connectivity index (χ2v) is 8.64. The van der Waals surface area contributed by atoms with Crippen LogP contribution in [0.1, 0.15) is 39.9 Å². The molecule has 0 fully saturated rings. The highest BCUT2D eigenvalue weighted by atomic mass is 19.1. The Kier molecular flexibility index (Phi) is 8.45. The Morgan fingerprint density at radius 1 is 0.868 bits per heavy atom. The van der Waals surface area contributed by atoms with E-state index >= 15 is 8.78 Å². The highest BCUT2D eigenvalue weighted by molar-refractivity contribution is 5.90. The quantitative estimate of drug-likeness (QED) is 0.259. The molecule has 3 aromatic carbocycles. The standard InChI is InChI=1S/C28H28F2O8/c1-15(33-2)13-36-24-11-22-18(9-20(24)29)27(16-7-5-6-8-17(16)28(31)32)19-10-21(30)25(12-23(19)38-22)37-14-26(34-3)35-4/h5-12,15,26-27H,13-14H2,1-4H3,(H,31,32). The molecule has 1 aliphatic rings. The number of carboxylic acids is 1. The van der Waals surface area contributed by atoms with Crippen LogP contribution in [0.4, 0.5) is 8.78 Å². The van der Waals surface area contributed by atoms with Crippen molar-refractivity contribution in [1.29, 1.82) is 0 Å². The molecule has 0 saturated heterocycles. The molecule has 0 aromatic heterocycles. The zero-order chi connectivity index (χ0) is 27.4. The van der Waals surface area contributed by atoms with Gasteiger partial charge >= 0.3 is 5.97 Å². The molecule has 1 heterocycles. The largest absolute Gasteiger partial charge is 0.488 e. The summed E-state index contributed by atoms with van der Waals surface area (Å²) in [6, 6.07) is 11.5. The summed E-state index contributed by atoms with van der Waals surface area (Å²) in [6.07, 6.45) is -1.01. The van der Waals surface area contributed by atoms with Gasteiger partial charge in [-0.2, -0.15) is 0 Å². The average Bonchev–Trinajstić information content (AvgIpc) is 2.91. The van der Waals surface area contributed by atoms with Crippen molar-refractivity contribution < 1.29 is 47.1 Å². The van der Waals surface area contributed by atoms with E-state index < -0.39 is 29.8 Å². The molecule has 4 rings (SSSR count). The van der Waals surface area contributed by atoms with Crippen molar-refractivity contribution in [1.82, 2.24) is 0 Å². The number of ether oxygens (including phenoxy) is 6. The Balaban J connectivity index is 1.83. The molecule has 0 spiro atoms. The number of hydrogen-bond acceptors (Lipinski definition) is 7. The number of carboxylic acid groups (broad SMARTS) is 1. The number of aromatic carboxylic acids is 1. The predicted molar refractivity (Wildman–Crippen MR) is 132 cm³/mol. The lowest BCUT2D eigenvalue weighted by Crippen LogP contribution is -2.22. The van der Waals surface area contributed by atoms with E-state index in [9.17, 15) is 9.90 Å². The van der Waals surface area contributed by atoms with E-state index in [1.165, 1.54) is 51.7 Å². The molecule has 202 valence electrons. The lowest BCUT2D eigenvalue weighted by Gasteiger charge is -2.30. The van der Waals surface area contributed by atoms with Crippen molar-refractivity contribution in [2.45, 2.75) is 25.2 Å². The zero-order valence-corrected chi connectivity index (χ0v) is 21.3. The van der Waals surface area contributed by atoms with Crippen LogP contribution in [-0.4, -0.2) is 58.0 Å². The second-order valence-electron chi connectivity index (χ2n) is 8.64. The van der Waals surface area contributed by atoms with E-state index in [4.69, 9.17) is 28.4 Å². The average molecular weight is 531 g/mol. The minimum atomic E-state index is -1.17. The van der Waals surface area contributed by atoms with Gasteiger partial charge in [-0.25, -0.2) is 13.6 Å². The molecule has 1 N–H and O–H groups in total. The van der Waals surface area contributed by atoms with Gasteiger partial charge in [0.05, 0.1) is 11.7 Å². The molecule has 2 unspecified atom stereocenters. The van der Waals surface area contributed by atoms with Gasteiger partial charge in [0.25, 0.3) is 0 Å². The number of benzene rings is 3. The van der Waals surface area contributed by atoms with Crippen LogP contribution in [-0.2, 0) is 14.2 Å². The first-order valence-corrected chi connectivity index (χ1v) is 11.8. The summed E-state index contributed by atoms with van der Waals surface area (Å²) in [4.78, 5) is 12.1.